The molecule has 0 N–H and O–H groups in total. The molecule has 0 bridgehead atoms. The standard InChI is InChI=1S/C10H12INO/c1-12-6-5-9-8(7-12)3-2-4-10(9)13-11/h2-4H,5-7H2,1H3. The monoisotopic (exact) mass is 289 g/mol. The molecule has 1 heterocycles. The lowest BCUT2D eigenvalue weighted by molar-refractivity contribution is 0.311. The van der Waals surface area contributed by atoms with Crippen LogP contribution in [0.15, 0.2) is 18.2 Å². The zero-order valence-corrected chi connectivity index (χ0v) is 9.74. The van der Waals surface area contributed by atoms with Crippen LogP contribution in [0.1, 0.15) is 11.1 Å². The summed E-state index contributed by atoms with van der Waals surface area (Å²) < 4.78 is 5.30. The van der Waals surface area contributed by atoms with Crippen molar-refractivity contribution >= 4 is 23.0 Å². The first kappa shape index (κ1) is 9.27. The highest BCUT2D eigenvalue weighted by Gasteiger charge is 2.16. The first-order valence-corrected chi connectivity index (χ1v) is 5.27. The molecule has 0 unspecified atom stereocenters. The van der Waals surface area contributed by atoms with Crippen molar-refractivity contribution in [3.8, 4) is 5.75 Å². The molecule has 1 aromatic carbocycles. The van der Waals surface area contributed by atoms with E-state index in [0.29, 0.717) is 0 Å². The van der Waals surface area contributed by atoms with Crippen molar-refractivity contribution in [2.75, 3.05) is 13.6 Å². The zero-order valence-electron chi connectivity index (χ0n) is 7.59. The largest absolute Gasteiger partial charge is 0.427 e. The van der Waals surface area contributed by atoms with E-state index in [1.54, 1.807) is 0 Å². The quantitative estimate of drug-likeness (QED) is 0.736. The zero-order chi connectivity index (χ0) is 9.26. The minimum Gasteiger partial charge on any atom is -0.427 e. The van der Waals surface area contributed by atoms with E-state index in [4.69, 9.17) is 3.07 Å². The minimum atomic E-state index is 1.03. The summed E-state index contributed by atoms with van der Waals surface area (Å²) in [5.41, 5.74) is 2.79. The molecule has 1 aliphatic heterocycles. The second-order valence-corrected chi connectivity index (χ2v) is 3.90. The van der Waals surface area contributed by atoms with Gasteiger partial charge in [0, 0.05) is 18.7 Å². The molecular weight excluding hydrogens is 277 g/mol. The van der Waals surface area contributed by atoms with Crippen molar-refractivity contribution < 1.29 is 3.07 Å². The van der Waals surface area contributed by atoms with E-state index in [1.807, 2.05) is 29.1 Å². The Labute approximate surface area is 92.6 Å². The van der Waals surface area contributed by atoms with Gasteiger partial charge >= 0.3 is 0 Å². The van der Waals surface area contributed by atoms with Crippen LogP contribution in [0.2, 0.25) is 0 Å². The van der Waals surface area contributed by atoms with Crippen molar-refractivity contribution in [1.82, 2.24) is 4.90 Å². The molecule has 2 nitrogen and oxygen atoms in total. The maximum absolute atomic E-state index is 5.30. The lowest BCUT2D eigenvalue weighted by atomic mass is 9.99. The van der Waals surface area contributed by atoms with Crippen LogP contribution in [0.25, 0.3) is 0 Å². The molecule has 0 aromatic heterocycles. The van der Waals surface area contributed by atoms with E-state index in [9.17, 15) is 0 Å². The summed E-state index contributed by atoms with van der Waals surface area (Å²) in [6.45, 7) is 2.17. The van der Waals surface area contributed by atoms with Gasteiger partial charge in [0.05, 0.1) is 0 Å². The Morgan fingerprint density at radius 1 is 1.46 bits per heavy atom. The van der Waals surface area contributed by atoms with Gasteiger partial charge in [-0.25, -0.2) is 0 Å². The van der Waals surface area contributed by atoms with Gasteiger partial charge in [-0.05, 0) is 25.1 Å². The van der Waals surface area contributed by atoms with Crippen molar-refractivity contribution in [2.24, 2.45) is 0 Å². The molecule has 0 atom stereocenters. The van der Waals surface area contributed by atoms with Gasteiger partial charge in [0.25, 0.3) is 0 Å². The van der Waals surface area contributed by atoms with Crippen LogP contribution in [-0.2, 0) is 13.0 Å². The summed E-state index contributed by atoms with van der Waals surface area (Å²) in [4.78, 5) is 2.33. The number of hydrogen-bond donors (Lipinski definition) is 0. The maximum Gasteiger partial charge on any atom is 0.192 e. The topological polar surface area (TPSA) is 12.5 Å². The first-order chi connectivity index (χ1) is 6.31. The van der Waals surface area contributed by atoms with Crippen molar-refractivity contribution in [3.63, 3.8) is 0 Å². The summed E-state index contributed by atoms with van der Waals surface area (Å²) in [5.74, 6) is 1.03. The molecule has 1 aromatic rings. The van der Waals surface area contributed by atoms with Crippen molar-refractivity contribution in [1.29, 1.82) is 0 Å². The summed E-state index contributed by atoms with van der Waals surface area (Å²) in [5, 5.41) is 0. The molecule has 3 heteroatoms. The van der Waals surface area contributed by atoms with Crippen LogP contribution >= 0.6 is 23.0 Å². The van der Waals surface area contributed by atoms with Crippen LogP contribution in [0.4, 0.5) is 0 Å². The number of hydrogen-bond acceptors (Lipinski definition) is 2. The fourth-order valence-corrected chi connectivity index (χ4v) is 2.20. The van der Waals surface area contributed by atoms with Gasteiger partial charge < -0.3 is 7.97 Å². The van der Waals surface area contributed by atoms with E-state index in [2.05, 4.69) is 24.1 Å². The molecule has 0 amide bonds. The predicted molar refractivity (Wildman–Crippen MR) is 61.1 cm³/mol. The van der Waals surface area contributed by atoms with Crippen LogP contribution < -0.4 is 3.07 Å². The lowest BCUT2D eigenvalue weighted by Gasteiger charge is -2.25. The first-order valence-electron chi connectivity index (χ1n) is 4.39. The number of fused-ring (bicyclic) bond motifs is 1. The molecule has 0 spiro atoms. The van der Waals surface area contributed by atoms with E-state index < -0.39 is 0 Å². The summed E-state index contributed by atoms with van der Waals surface area (Å²) in [7, 11) is 2.15. The van der Waals surface area contributed by atoms with Gasteiger partial charge in [0.15, 0.2) is 23.0 Å². The summed E-state index contributed by atoms with van der Waals surface area (Å²) >= 11 is 1.95. The van der Waals surface area contributed by atoms with E-state index >= 15 is 0 Å². The normalized spacial score (nSPS) is 16.8. The predicted octanol–water partition coefficient (Wildman–Crippen LogP) is 2.40. The van der Waals surface area contributed by atoms with Gasteiger partial charge in [-0.15, -0.1) is 0 Å². The third kappa shape index (κ3) is 1.81. The highest BCUT2D eigenvalue weighted by molar-refractivity contribution is 14.1. The van der Waals surface area contributed by atoms with E-state index in [0.717, 1.165) is 25.3 Å². The third-order valence-corrected chi connectivity index (χ3v) is 2.97. The van der Waals surface area contributed by atoms with Crippen LogP contribution in [0.3, 0.4) is 0 Å². The molecule has 0 saturated carbocycles. The molecule has 0 saturated heterocycles. The molecule has 0 radical (unpaired) electrons. The molecule has 1 aliphatic rings. The number of nitrogens with zero attached hydrogens (tertiary/aromatic N) is 1. The lowest BCUT2D eigenvalue weighted by Crippen LogP contribution is -2.26. The minimum absolute atomic E-state index is 1.03. The Hall–Kier alpha value is -0.290. The van der Waals surface area contributed by atoms with Gasteiger partial charge in [0.1, 0.15) is 5.75 Å². The van der Waals surface area contributed by atoms with Gasteiger partial charge in [-0.1, -0.05) is 12.1 Å². The Kier molecular flexibility index (Phi) is 2.74. The summed E-state index contributed by atoms with van der Waals surface area (Å²) in [6.07, 6.45) is 1.10. The van der Waals surface area contributed by atoms with Crippen molar-refractivity contribution in [3.05, 3.63) is 29.3 Å². The average molecular weight is 289 g/mol. The average Bonchev–Trinajstić information content (AvgIpc) is 2.16. The third-order valence-electron chi connectivity index (χ3n) is 2.50. The maximum atomic E-state index is 5.30. The van der Waals surface area contributed by atoms with Crippen LogP contribution in [0, 0.1) is 0 Å². The molecule has 13 heavy (non-hydrogen) atoms. The van der Waals surface area contributed by atoms with Crippen LogP contribution in [0.5, 0.6) is 5.75 Å². The Bertz CT molecular complexity index is 314. The van der Waals surface area contributed by atoms with Crippen LogP contribution in [-0.4, -0.2) is 18.5 Å². The second-order valence-electron chi connectivity index (χ2n) is 3.46. The number of halogens is 1. The Balaban J connectivity index is 2.39. The number of rotatable bonds is 1. The SMILES string of the molecule is CN1CCc2c(cccc2OI)C1. The highest BCUT2D eigenvalue weighted by atomic mass is 127. The molecular formula is C10H12INO. The van der Waals surface area contributed by atoms with E-state index in [-0.39, 0.29) is 0 Å². The summed E-state index contributed by atoms with van der Waals surface area (Å²) in [6, 6.07) is 6.28. The fraction of sp³-hybridized carbons (Fsp3) is 0.400. The number of benzene rings is 1. The smallest absolute Gasteiger partial charge is 0.192 e. The Morgan fingerprint density at radius 3 is 3.08 bits per heavy atom. The molecule has 2 rings (SSSR count). The number of likely N-dealkylation sites (N-methyl/N-ethyl adjacent to an activating group) is 1. The van der Waals surface area contributed by atoms with Gasteiger partial charge in [-0.2, -0.15) is 0 Å². The Morgan fingerprint density at radius 2 is 2.31 bits per heavy atom. The molecule has 70 valence electrons. The van der Waals surface area contributed by atoms with E-state index in [1.165, 1.54) is 11.1 Å². The molecule has 0 aliphatic carbocycles. The molecule has 0 fully saturated rings. The van der Waals surface area contributed by atoms with Gasteiger partial charge in [-0.3, -0.25) is 0 Å². The highest BCUT2D eigenvalue weighted by Crippen LogP contribution is 2.28. The second kappa shape index (κ2) is 3.84. The van der Waals surface area contributed by atoms with Crippen molar-refractivity contribution in [2.45, 2.75) is 13.0 Å². The van der Waals surface area contributed by atoms with Gasteiger partial charge in [0.2, 0.25) is 0 Å². The fourth-order valence-electron chi connectivity index (χ4n) is 1.79.